The Morgan fingerprint density at radius 2 is 2.47 bits per heavy atom. The predicted molar refractivity (Wildman–Crippen MR) is 55.8 cm³/mol. The van der Waals surface area contributed by atoms with Gasteiger partial charge in [0.2, 0.25) is 0 Å². The second-order valence-corrected chi connectivity index (χ2v) is 3.88. The van der Waals surface area contributed by atoms with Gasteiger partial charge in [-0.25, -0.2) is 0 Å². The molecule has 0 aliphatic carbocycles. The first-order valence-electron chi connectivity index (χ1n) is 4.38. The van der Waals surface area contributed by atoms with Gasteiger partial charge < -0.3 is 10.2 Å². The van der Waals surface area contributed by atoms with E-state index in [1.54, 1.807) is 13.3 Å². The molecule has 1 atom stereocenters. The molecule has 0 aliphatic heterocycles. The average Bonchev–Trinajstić information content (AvgIpc) is 2.75. The Hall–Kier alpha value is -1.21. The molecule has 0 saturated carbocycles. The zero-order chi connectivity index (χ0) is 10.8. The highest BCUT2D eigenvalue weighted by molar-refractivity contribution is 9.10. The van der Waals surface area contributed by atoms with Gasteiger partial charge in [-0.3, -0.25) is 0 Å². The van der Waals surface area contributed by atoms with Crippen molar-refractivity contribution in [1.82, 2.24) is 20.2 Å². The molecule has 6 nitrogen and oxygen atoms in total. The van der Waals surface area contributed by atoms with Gasteiger partial charge in [-0.15, -0.1) is 10.2 Å². The number of hydrogen-bond acceptors (Lipinski definition) is 5. The number of nitrogens with zero attached hydrogens (tertiary/aromatic N) is 4. The smallest absolute Gasteiger partial charge is 0.176 e. The number of halogens is 1. The molecule has 1 unspecified atom stereocenters. The molecule has 0 fully saturated rings. The molecule has 15 heavy (non-hydrogen) atoms. The van der Waals surface area contributed by atoms with Crippen LogP contribution >= 0.6 is 15.9 Å². The van der Waals surface area contributed by atoms with Crippen molar-refractivity contribution in [3.63, 3.8) is 0 Å². The van der Waals surface area contributed by atoms with Crippen LogP contribution < -0.4 is 5.73 Å². The third kappa shape index (κ3) is 2.24. The fraction of sp³-hybridized carbons (Fsp3) is 0.375. The lowest BCUT2D eigenvalue weighted by Gasteiger charge is -2.06. The van der Waals surface area contributed by atoms with E-state index < -0.39 is 0 Å². The summed E-state index contributed by atoms with van der Waals surface area (Å²) in [5.41, 5.74) is 6.88. The van der Waals surface area contributed by atoms with Gasteiger partial charge in [0.25, 0.3) is 0 Å². The Balaban J connectivity index is 2.10. The minimum Gasteiger partial charge on any atom is -0.457 e. The lowest BCUT2D eigenvalue weighted by atomic mass is 10.1. The van der Waals surface area contributed by atoms with Crippen LogP contribution in [0.5, 0.6) is 0 Å². The Labute approximate surface area is 94.6 Å². The Morgan fingerprint density at radius 3 is 3.00 bits per heavy atom. The van der Waals surface area contributed by atoms with Crippen LogP contribution in [0.2, 0.25) is 0 Å². The van der Waals surface area contributed by atoms with Crippen LogP contribution in [0.3, 0.4) is 0 Å². The van der Waals surface area contributed by atoms with E-state index in [0.717, 1.165) is 5.56 Å². The average molecular weight is 272 g/mol. The van der Waals surface area contributed by atoms with E-state index >= 15 is 0 Å². The summed E-state index contributed by atoms with van der Waals surface area (Å²) in [5.74, 6) is 0.623. The molecule has 2 N–H and O–H groups in total. The molecule has 0 radical (unpaired) electrons. The predicted octanol–water partition coefficient (Wildman–Crippen LogP) is 0.808. The summed E-state index contributed by atoms with van der Waals surface area (Å²) in [7, 11) is 1.72. The fourth-order valence-electron chi connectivity index (χ4n) is 1.28. The van der Waals surface area contributed by atoms with E-state index in [1.165, 1.54) is 4.80 Å². The summed E-state index contributed by atoms with van der Waals surface area (Å²) in [6, 6.07) is 1.63. The summed E-state index contributed by atoms with van der Waals surface area (Å²) in [5, 5.41) is 11.7. The van der Waals surface area contributed by atoms with Crippen molar-refractivity contribution in [3.8, 4) is 0 Å². The molecule has 0 bridgehead atoms. The third-order valence-corrected chi connectivity index (χ3v) is 2.64. The first kappa shape index (κ1) is 10.3. The number of tetrazole rings is 1. The molecule has 2 rings (SSSR count). The largest absolute Gasteiger partial charge is 0.457 e. The summed E-state index contributed by atoms with van der Waals surface area (Å²) in [6.45, 7) is 0. The van der Waals surface area contributed by atoms with Crippen LogP contribution in [0.1, 0.15) is 17.4 Å². The molecule has 80 valence electrons. The van der Waals surface area contributed by atoms with Crippen molar-refractivity contribution in [1.29, 1.82) is 0 Å². The molecular formula is C8H10BrN5O. The second kappa shape index (κ2) is 4.11. The molecule has 0 amide bonds. The monoisotopic (exact) mass is 271 g/mol. The molecule has 2 heterocycles. The van der Waals surface area contributed by atoms with E-state index in [-0.39, 0.29) is 6.04 Å². The van der Waals surface area contributed by atoms with Gasteiger partial charge in [-0.1, -0.05) is 0 Å². The molecule has 0 aliphatic rings. The maximum absolute atomic E-state index is 5.97. The van der Waals surface area contributed by atoms with Crippen LogP contribution in [0.4, 0.5) is 0 Å². The first-order chi connectivity index (χ1) is 7.16. The second-order valence-electron chi connectivity index (χ2n) is 3.16. The number of furan rings is 1. The Kier molecular flexibility index (Phi) is 2.83. The van der Waals surface area contributed by atoms with Crippen LogP contribution in [-0.4, -0.2) is 20.2 Å². The van der Waals surface area contributed by atoms with Crippen molar-refractivity contribution < 1.29 is 4.42 Å². The zero-order valence-corrected chi connectivity index (χ0v) is 9.68. The van der Waals surface area contributed by atoms with Gasteiger partial charge >= 0.3 is 0 Å². The summed E-state index contributed by atoms with van der Waals surface area (Å²) in [6.07, 6.45) is 2.12. The number of hydrogen-bond donors (Lipinski definition) is 1. The van der Waals surface area contributed by atoms with Crippen LogP contribution in [0, 0.1) is 0 Å². The van der Waals surface area contributed by atoms with Gasteiger partial charge in [0, 0.05) is 18.0 Å². The van der Waals surface area contributed by atoms with Crippen molar-refractivity contribution in [2.45, 2.75) is 12.5 Å². The van der Waals surface area contributed by atoms with E-state index in [1.807, 2.05) is 6.07 Å². The van der Waals surface area contributed by atoms with E-state index in [2.05, 4.69) is 31.3 Å². The van der Waals surface area contributed by atoms with Crippen LogP contribution in [0.25, 0.3) is 0 Å². The maximum atomic E-state index is 5.97. The third-order valence-electron chi connectivity index (χ3n) is 2.00. The van der Waals surface area contributed by atoms with E-state index in [4.69, 9.17) is 10.2 Å². The van der Waals surface area contributed by atoms with Crippen molar-refractivity contribution in [3.05, 3.63) is 28.4 Å². The molecule has 2 aromatic rings. The van der Waals surface area contributed by atoms with Crippen LogP contribution in [0.15, 0.2) is 21.4 Å². The van der Waals surface area contributed by atoms with Gasteiger partial charge in [-0.05, 0) is 27.2 Å². The summed E-state index contributed by atoms with van der Waals surface area (Å²) in [4.78, 5) is 1.41. The molecule has 0 saturated heterocycles. The van der Waals surface area contributed by atoms with Gasteiger partial charge in [0.1, 0.15) is 0 Å². The topological polar surface area (TPSA) is 82.8 Å². The first-order valence-corrected chi connectivity index (χ1v) is 5.17. The minimum atomic E-state index is -0.192. The molecule has 0 spiro atoms. The van der Waals surface area contributed by atoms with Gasteiger partial charge in [0.15, 0.2) is 10.5 Å². The number of nitrogens with two attached hydrogens (primary N) is 1. The highest BCUT2D eigenvalue weighted by atomic mass is 79.9. The van der Waals surface area contributed by atoms with Crippen molar-refractivity contribution >= 4 is 15.9 Å². The lowest BCUT2D eigenvalue weighted by molar-refractivity contribution is 0.529. The molecule has 7 heteroatoms. The molecule has 2 aromatic heterocycles. The Bertz CT molecular complexity index is 451. The quantitative estimate of drug-likeness (QED) is 0.893. The maximum Gasteiger partial charge on any atom is 0.176 e. The summed E-state index contributed by atoms with van der Waals surface area (Å²) >= 11 is 3.28. The highest BCUT2D eigenvalue weighted by Gasteiger charge is 2.15. The van der Waals surface area contributed by atoms with E-state index in [9.17, 15) is 0 Å². The standard InChI is InChI=1S/C8H10BrN5O/c1-14-12-7(11-13-14)4-6(10)5-2-3-15-8(5)9/h2-3,6H,4,10H2,1H3. The summed E-state index contributed by atoms with van der Waals surface area (Å²) < 4.78 is 5.76. The van der Waals surface area contributed by atoms with Crippen molar-refractivity contribution in [2.75, 3.05) is 0 Å². The normalized spacial score (nSPS) is 13.0. The molecule has 0 aromatic carbocycles. The minimum absolute atomic E-state index is 0.192. The number of aryl methyl sites for hydroxylation is 1. The zero-order valence-electron chi connectivity index (χ0n) is 8.09. The lowest BCUT2D eigenvalue weighted by Crippen LogP contribution is -2.14. The van der Waals surface area contributed by atoms with Gasteiger partial charge in [0.05, 0.1) is 13.3 Å². The Morgan fingerprint density at radius 1 is 1.67 bits per heavy atom. The van der Waals surface area contributed by atoms with Crippen LogP contribution in [-0.2, 0) is 13.5 Å². The number of aromatic nitrogens is 4. The van der Waals surface area contributed by atoms with Crippen molar-refractivity contribution in [2.24, 2.45) is 12.8 Å². The fourth-order valence-corrected chi connectivity index (χ4v) is 1.82. The number of rotatable bonds is 3. The van der Waals surface area contributed by atoms with E-state index in [0.29, 0.717) is 16.9 Å². The molecular weight excluding hydrogens is 262 g/mol. The highest BCUT2D eigenvalue weighted by Crippen LogP contribution is 2.24. The SMILES string of the molecule is Cn1nnc(CC(N)c2ccoc2Br)n1. The van der Waals surface area contributed by atoms with Gasteiger partial charge in [-0.2, -0.15) is 4.80 Å².